The fourth-order valence-electron chi connectivity index (χ4n) is 2.77. The van der Waals surface area contributed by atoms with E-state index in [1.54, 1.807) is 20.2 Å². The van der Waals surface area contributed by atoms with Crippen LogP contribution < -0.4 is 15.4 Å². The van der Waals surface area contributed by atoms with E-state index in [-0.39, 0.29) is 0 Å². The third kappa shape index (κ3) is 4.60. The van der Waals surface area contributed by atoms with E-state index in [1.165, 1.54) is 18.8 Å². The number of carbonyl (C=O) groups is 2. The number of rotatable bonds is 6. The normalized spacial score (nSPS) is 11.6. The number of hydrogen-bond acceptors (Lipinski definition) is 5. The summed E-state index contributed by atoms with van der Waals surface area (Å²) in [5.74, 6) is 0.289. The number of carbonyl (C=O) groups excluding carboxylic acids is 2. The molecule has 0 radical (unpaired) electrons. The van der Waals surface area contributed by atoms with Gasteiger partial charge in [0.1, 0.15) is 5.75 Å². The van der Waals surface area contributed by atoms with Crippen LogP contribution in [0.1, 0.15) is 6.92 Å². The van der Waals surface area contributed by atoms with E-state index in [1.807, 2.05) is 59.2 Å². The summed E-state index contributed by atoms with van der Waals surface area (Å²) in [5.41, 5.74) is 2.67. The second kappa shape index (κ2) is 9.29. The van der Waals surface area contributed by atoms with E-state index in [4.69, 9.17) is 4.74 Å². The Labute approximate surface area is 173 Å². The molecule has 150 valence electrons. The van der Waals surface area contributed by atoms with E-state index in [9.17, 15) is 9.59 Å². The molecule has 0 aliphatic rings. The number of methoxy groups -OCH3 is 1. The number of imide groups is 1. The maximum Gasteiger partial charge on any atom is 0.321 e. The number of nitrogens with one attached hydrogen (secondary N) is 2. The molecule has 0 saturated carbocycles. The molecule has 1 heterocycles. The van der Waals surface area contributed by atoms with Crippen molar-refractivity contribution in [2.24, 2.45) is 0 Å². The minimum atomic E-state index is -0.541. The van der Waals surface area contributed by atoms with Crippen LogP contribution in [0.15, 0.2) is 66.0 Å². The van der Waals surface area contributed by atoms with Crippen LogP contribution in [-0.2, 0) is 4.79 Å². The molecule has 0 fully saturated rings. The Hall–Kier alpha value is -3.26. The van der Waals surface area contributed by atoms with Crippen LogP contribution in [0.3, 0.4) is 0 Å². The highest BCUT2D eigenvalue weighted by molar-refractivity contribution is 8.00. The number of para-hydroxylation sites is 2. The van der Waals surface area contributed by atoms with E-state index >= 15 is 0 Å². The lowest BCUT2D eigenvalue weighted by atomic mass is 10.1. The predicted octanol–water partition coefficient (Wildman–Crippen LogP) is 3.48. The second-order valence-electron chi connectivity index (χ2n) is 6.13. The first-order valence-corrected chi connectivity index (χ1v) is 9.89. The zero-order chi connectivity index (χ0) is 20.8. The van der Waals surface area contributed by atoms with Gasteiger partial charge in [-0.25, -0.2) is 9.78 Å². The summed E-state index contributed by atoms with van der Waals surface area (Å²) >= 11 is 1.26. The molecule has 2 N–H and O–H groups in total. The third-order valence-electron chi connectivity index (χ3n) is 4.24. The van der Waals surface area contributed by atoms with Crippen LogP contribution in [0, 0.1) is 0 Å². The van der Waals surface area contributed by atoms with Gasteiger partial charge in [0.25, 0.3) is 0 Å². The molecule has 2 aromatic carbocycles. The molecule has 1 atom stereocenters. The van der Waals surface area contributed by atoms with Gasteiger partial charge in [-0.15, -0.1) is 0 Å². The van der Waals surface area contributed by atoms with Gasteiger partial charge < -0.3 is 10.1 Å². The highest BCUT2D eigenvalue weighted by Crippen LogP contribution is 2.35. The maximum atomic E-state index is 12.3. The average Bonchev–Trinajstić information content (AvgIpc) is 3.17. The van der Waals surface area contributed by atoms with Crippen molar-refractivity contribution < 1.29 is 14.3 Å². The minimum absolute atomic E-state index is 0.398. The van der Waals surface area contributed by atoms with Crippen LogP contribution in [0.4, 0.5) is 4.79 Å². The van der Waals surface area contributed by atoms with Crippen LogP contribution in [0.25, 0.3) is 16.9 Å². The summed E-state index contributed by atoms with van der Waals surface area (Å²) in [7, 11) is 3.07. The van der Waals surface area contributed by atoms with Crippen molar-refractivity contribution in [1.82, 2.24) is 20.2 Å². The van der Waals surface area contributed by atoms with Gasteiger partial charge >= 0.3 is 6.03 Å². The van der Waals surface area contributed by atoms with E-state index in [2.05, 4.69) is 15.6 Å². The van der Waals surface area contributed by atoms with Gasteiger partial charge in [0.2, 0.25) is 5.91 Å². The van der Waals surface area contributed by atoms with Crippen molar-refractivity contribution in [1.29, 1.82) is 0 Å². The fraction of sp³-hybridized carbons (Fsp3) is 0.190. The molecular weight excluding hydrogens is 388 g/mol. The number of imidazole rings is 1. The summed E-state index contributed by atoms with van der Waals surface area (Å²) in [5, 5.41) is 4.76. The number of benzene rings is 2. The summed E-state index contributed by atoms with van der Waals surface area (Å²) in [6.07, 6.45) is 1.77. The number of nitrogens with zero attached hydrogens (tertiary/aromatic N) is 2. The number of aromatic nitrogens is 2. The smallest absolute Gasteiger partial charge is 0.321 e. The molecule has 3 aromatic rings. The highest BCUT2D eigenvalue weighted by Gasteiger charge is 2.22. The van der Waals surface area contributed by atoms with Crippen LogP contribution in [0.5, 0.6) is 5.75 Å². The van der Waals surface area contributed by atoms with Gasteiger partial charge in [0.15, 0.2) is 5.16 Å². The van der Waals surface area contributed by atoms with Gasteiger partial charge in [-0.3, -0.25) is 14.7 Å². The maximum absolute atomic E-state index is 12.3. The molecule has 1 unspecified atom stereocenters. The standard InChI is InChI=1S/C21H22N4O3S/c1-14(19(26)24-20(27)22-2)29-21-23-13-17(15-9-5-4-6-10-15)25(21)16-11-7-8-12-18(16)28-3/h4-14H,1-3H3,(H2,22,24,26,27). The molecule has 0 bridgehead atoms. The first-order valence-electron chi connectivity index (χ1n) is 9.01. The topological polar surface area (TPSA) is 85.3 Å². The van der Waals surface area contributed by atoms with E-state index in [0.717, 1.165) is 16.9 Å². The predicted molar refractivity (Wildman–Crippen MR) is 113 cm³/mol. The van der Waals surface area contributed by atoms with Crippen molar-refractivity contribution in [2.45, 2.75) is 17.3 Å². The van der Waals surface area contributed by atoms with Crippen LogP contribution >= 0.6 is 11.8 Å². The quantitative estimate of drug-likeness (QED) is 0.608. The Balaban J connectivity index is 2.03. The Bertz CT molecular complexity index is 1000. The lowest BCUT2D eigenvalue weighted by molar-refractivity contribution is -0.119. The molecule has 3 rings (SSSR count). The number of urea groups is 1. The fourth-order valence-corrected chi connectivity index (χ4v) is 3.66. The molecule has 1 aromatic heterocycles. The van der Waals surface area contributed by atoms with E-state index < -0.39 is 17.2 Å². The number of hydrogen-bond donors (Lipinski definition) is 2. The van der Waals surface area contributed by atoms with Crippen molar-refractivity contribution in [3.05, 3.63) is 60.8 Å². The Morgan fingerprint density at radius 2 is 1.79 bits per heavy atom. The summed E-state index contributed by atoms with van der Waals surface area (Å²) in [6, 6.07) is 17.0. The van der Waals surface area contributed by atoms with Crippen molar-refractivity contribution in [2.75, 3.05) is 14.2 Å². The van der Waals surface area contributed by atoms with Gasteiger partial charge in [-0.1, -0.05) is 54.2 Å². The number of thioether (sulfide) groups is 1. The molecule has 8 heteroatoms. The molecule has 0 saturated heterocycles. The van der Waals surface area contributed by atoms with Gasteiger partial charge in [0.05, 0.1) is 29.9 Å². The number of amides is 3. The van der Waals surface area contributed by atoms with Gasteiger partial charge in [-0.05, 0) is 19.1 Å². The van der Waals surface area contributed by atoms with Crippen LogP contribution in [-0.4, -0.2) is 40.9 Å². The largest absolute Gasteiger partial charge is 0.495 e. The van der Waals surface area contributed by atoms with Gasteiger partial charge in [0, 0.05) is 12.6 Å². The van der Waals surface area contributed by atoms with E-state index in [0.29, 0.717) is 10.9 Å². The van der Waals surface area contributed by atoms with Crippen molar-refractivity contribution >= 4 is 23.7 Å². The summed E-state index contributed by atoms with van der Waals surface area (Å²) in [4.78, 5) is 28.3. The van der Waals surface area contributed by atoms with Crippen molar-refractivity contribution in [3.8, 4) is 22.7 Å². The van der Waals surface area contributed by atoms with Gasteiger partial charge in [-0.2, -0.15) is 0 Å². The Kier molecular flexibility index (Phi) is 6.56. The first kappa shape index (κ1) is 20.5. The number of ether oxygens (including phenoxy) is 1. The summed E-state index contributed by atoms with van der Waals surface area (Å²) < 4.78 is 7.51. The second-order valence-corrected chi connectivity index (χ2v) is 7.44. The summed E-state index contributed by atoms with van der Waals surface area (Å²) in [6.45, 7) is 1.73. The zero-order valence-electron chi connectivity index (χ0n) is 16.4. The van der Waals surface area contributed by atoms with Crippen LogP contribution in [0.2, 0.25) is 0 Å². The average molecular weight is 410 g/mol. The van der Waals surface area contributed by atoms with Crippen molar-refractivity contribution in [3.63, 3.8) is 0 Å². The molecule has 3 amide bonds. The lowest BCUT2D eigenvalue weighted by Gasteiger charge is -2.17. The lowest BCUT2D eigenvalue weighted by Crippen LogP contribution is -2.41. The monoisotopic (exact) mass is 410 g/mol. The Morgan fingerprint density at radius 3 is 2.48 bits per heavy atom. The molecule has 0 spiro atoms. The molecular formula is C21H22N4O3S. The molecule has 0 aliphatic carbocycles. The SMILES string of the molecule is CNC(=O)NC(=O)C(C)Sc1ncc(-c2ccccc2)n1-c1ccccc1OC. The molecule has 7 nitrogen and oxygen atoms in total. The first-order chi connectivity index (χ1) is 14.0. The minimum Gasteiger partial charge on any atom is -0.495 e. The third-order valence-corrected chi connectivity index (χ3v) is 5.31. The zero-order valence-corrected chi connectivity index (χ0v) is 17.2. The molecule has 29 heavy (non-hydrogen) atoms. The highest BCUT2D eigenvalue weighted by atomic mass is 32.2. The Morgan fingerprint density at radius 1 is 1.10 bits per heavy atom. The molecule has 0 aliphatic heterocycles.